The molecule has 1 aromatic carbocycles. The zero-order chi connectivity index (χ0) is 16.3. The number of hydrogen-bond donors (Lipinski definition) is 0. The average molecular weight is 368 g/mol. The van der Waals surface area contributed by atoms with Crippen LogP contribution in [0.1, 0.15) is 45.3 Å². The summed E-state index contributed by atoms with van der Waals surface area (Å²) in [5.74, 6) is -0.435. The van der Waals surface area contributed by atoms with E-state index in [1.165, 1.54) is 4.90 Å². The number of hydrogen-bond acceptors (Lipinski definition) is 3. The number of ether oxygens (including phenoxy) is 1. The molecule has 0 bridgehead atoms. The van der Waals surface area contributed by atoms with Crippen molar-refractivity contribution >= 4 is 27.9 Å². The first-order chi connectivity index (χ1) is 10.5. The number of amides is 2. The highest BCUT2D eigenvalue weighted by Crippen LogP contribution is 2.34. The molecule has 5 heteroatoms. The van der Waals surface area contributed by atoms with Crippen molar-refractivity contribution in [2.45, 2.75) is 50.6 Å². The molecule has 4 atom stereocenters. The highest BCUT2D eigenvalue weighted by Gasteiger charge is 2.45. The van der Waals surface area contributed by atoms with E-state index >= 15 is 0 Å². The fraction of sp³-hybridized carbons (Fsp3) is 0.529. The van der Waals surface area contributed by atoms with E-state index in [9.17, 15) is 9.59 Å². The molecule has 0 N–H and O–H groups in total. The summed E-state index contributed by atoms with van der Waals surface area (Å²) in [6.45, 7) is 5.78. The zero-order valence-corrected chi connectivity index (χ0v) is 14.7. The Morgan fingerprint density at radius 2 is 2.00 bits per heavy atom. The van der Waals surface area contributed by atoms with Crippen LogP contribution in [-0.4, -0.2) is 27.8 Å². The SMILES string of the molecule is CCC[C@@H](Br)[C@H](C)C(=O)N1C(=O)O[C@@H](c2ccccc2)[C@H]1C. The molecule has 120 valence electrons. The van der Waals surface area contributed by atoms with E-state index in [2.05, 4.69) is 22.9 Å². The van der Waals surface area contributed by atoms with E-state index in [1.807, 2.05) is 44.2 Å². The van der Waals surface area contributed by atoms with Crippen LogP contribution in [0.4, 0.5) is 4.79 Å². The first-order valence-corrected chi connectivity index (χ1v) is 8.61. The number of carbonyl (C=O) groups excluding carboxylic acids is 2. The van der Waals surface area contributed by atoms with Crippen molar-refractivity contribution in [3.05, 3.63) is 35.9 Å². The molecule has 0 aromatic heterocycles. The van der Waals surface area contributed by atoms with E-state index in [0.717, 1.165) is 18.4 Å². The van der Waals surface area contributed by atoms with Crippen molar-refractivity contribution in [3.8, 4) is 0 Å². The predicted octanol–water partition coefficient (Wildman–Crippen LogP) is 4.29. The minimum Gasteiger partial charge on any atom is -0.439 e. The van der Waals surface area contributed by atoms with Crippen LogP contribution in [0.25, 0.3) is 0 Å². The third kappa shape index (κ3) is 3.35. The molecule has 1 aromatic rings. The second kappa shape index (κ2) is 7.27. The van der Waals surface area contributed by atoms with Crippen molar-refractivity contribution in [3.63, 3.8) is 0 Å². The smallest absolute Gasteiger partial charge is 0.417 e. The molecule has 0 spiro atoms. The fourth-order valence-corrected chi connectivity index (χ4v) is 3.43. The summed E-state index contributed by atoms with van der Waals surface area (Å²) in [5.41, 5.74) is 0.912. The van der Waals surface area contributed by atoms with E-state index in [4.69, 9.17) is 4.74 Å². The Labute approximate surface area is 140 Å². The van der Waals surface area contributed by atoms with Gasteiger partial charge in [-0.15, -0.1) is 0 Å². The van der Waals surface area contributed by atoms with E-state index < -0.39 is 12.2 Å². The number of nitrogens with zero attached hydrogens (tertiary/aromatic N) is 1. The number of rotatable bonds is 5. The van der Waals surface area contributed by atoms with Crippen molar-refractivity contribution in [2.75, 3.05) is 0 Å². The summed E-state index contributed by atoms with van der Waals surface area (Å²) >= 11 is 3.55. The van der Waals surface area contributed by atoms with Crippen molar-refractivity contribution in [2.24, 2.45) is 5.92 Å². The maximum Gasteiger partial charge on any atom is 0.417 e. The maximum absolute atomic E-state index is 12.7. The van der Waals surface area contributed by atoms with Crippen LogP contribution in [0.15, 0.2) is 30.3 Å². The first-order valence-electron chi connectivity index (χ1n) is 7.70. The molecule has 0 aliphatic carbocycles. The minimum absolute atomic E-state index is 0.0702. The third-order valence-corrected chi connectivity index (χ3v) is 5.38. The topological polar surface area (TPSA) is 46.6 Å². The fourth-order valence-electron chi connectivity index (χ4n) is 2.75. The Bertz CT molecular complexity index is 534. The number of carbonyl (C=O) groups is 2. The number of halogens is 1. The van der Waals surface area contributed by atoms with Gasteiger partial charge in [-0.2, -0.15) is 0 Å². The molecule has 2 amide bonds. The molecule has 0 saturated carbocycles. The summed E-state index contributed by atoms with van der Waals surface area (Å²) in [7, 11) is 0. The summed E-state index contributed by atoms with van der Waals surface area (Å²) in [6, 6.07) is 9.24. The minimum atomic E-state index is -0.547. The number of imide groups is 1. The molecular weight excluding hydrogens is 346 g/mol. The van der Waals surface area contributed by atoms with Gasteiger partial charge in [0.15, 0.2) is 0 Å². The molecule has 4 nitrogen and oxygen atoms in total. The van der Waals surface area contributed by atoms with Crippen LogP contribution in [0.2, 0.25) is 0 Å². The Balaban J connectivity index is 2.15. The number of cyclic esters (lactones) is 1. The molecule has 1 saturated heterocycles. The van der Waals surface area contributed by atoms with Crippen molar-refractivity contribution in [1.82, 2.24) is 4.90 Å². The summed E-state index contributed by atoms with van der Waals surface area (Å²) < 4.78 is 5.43. The lowest BCUT2D eigenvalue weighted by atomic mass is 9.99. The van der Waals surface area contributed by atoms with Gasteiger partial charge in [0.25, 0.3) is 0 Å². The van der Waals surface area contributed by atoms with Crippen LogP contribution in [0, 0.1) is 5.92 Å². The number of benzene rings is 1. The van der Waals surface area contributed by atoms with Crippen LogP contribution in [0.5, 0.6) is 0 Å². The standard InChI is InChI=1S/C17H22BrNO3/c1-4-8-14(18)11(2)16(20)19-12(3)15(22-17(19)21)13-9-6-5-7-10-13/h5-7,9-12,14-15H,4,8H2,1-3H3/t11-,12+,14+,15+/m0/s1. The van der Waals surface area contributed by atoms with Crippen LogP contribution >= 0.6 is 15.9 Å². The largest absolute Gasteiger partial charge is 0.439 e. The average Bonchev–Trinajstić information content (AvgIpc) is 2.82. The van der Waals surface area contributed by atoms with Gasteiger partial charge in [-0.3, -0.25) is 4.79 Å². The molecule has 1 aliphatic heterocycles. The lowest BCUT2D eigenvalue weighted by Crippen LogP contribution is -2.43. The lowest BCUT2D eigenvalue weighted by Gasteiger charge is -2.24. The number of alkyl halides is 1. The normalized spacial score (nSPS) is 24.0. The molecule has 0 unspecified atom stereocenters. The molecule has 1 heterocycles. The highest BCUT2D eigenvalue weighted by atomic mass is 79.9. The van der Waals surface area contributed by atoms with Crippen molar-refractivity contribution in [1.29, 1.82) is 0 Å². The van der Waals surface area contributed by atoms with Crippen LogP contribution < -0.4 is 0 Å². The molecule has 22 heavy (non-hydrogen) atoms. The second-order valence-corrected chi connectivity index (χ2v) is 6.93. The second-order valence-electron chi connectivity index (χ2n) is 5.76. The first kappa shape index (κ1) is 17.0. The quantitative estimate of drug-likeness (QED) is 0.729. The third-order valence-electron chi connectivity index (χ3n) is 4.13. The molecule has 0 radical (unpaired) electrons. The van der Waals surface area contributed by atoms with Crippen molar-refractivity contribution < 1.29 is 14.3 Å². The molecular formula is C17H22BrNO3. The Morgan fingerprint density at radius 1 is 1.36 bits per heavy atom. The lowest BCUT2D eigenvalue weighted by molar-refractivity contribution is -0.132. The van der Waals surface area contributed by atoms with Gasteiger partial charge in [0.2, 0.25) is 5.91 Å². The zero-order valence-electron chi connectivity index (χ0n) is 13.2. The summed E-state index contributed by atoms with van der Waals surface area (Å²) in [5, 5.41) is 0. The van der Waals surface area contributed by atoms with E-state index in [0.29, 0.717) is 0 Å². The Kier molecular flexibility index (Phi) is 5.62. The highest BCUT2D eigenvalue weighted by molar-refractivity contribution is 9.09. The van der Waals surface area contributed by atoms with Gasteiger partial charge in [-0.1, -0.05) is 66.5 Å². The monoisotopic (exact) mass is 367 g/mol. The molecule has 1 aliphatic rings. The van der Waals surface area contributed by atoms with Gasteiger partial charge in [-0.05, 0) is 18.9 Å². The molecule has 2 rings (SSSR count). The Hall–Kier alpha value is -1.36. The van der Waals surface area contributed by atoms with Gasteiger partial charge in [0.05, 0.1) is 6.04 Å². The van der Waals surface area contributed by atoms with Gasteiger partial charge in [-0.25, -0.2) is 9.69 Å². The van der Waals surface area contributed by atoms with Gasteiger partial charge in [0.1, 0.15) is 6.10 Å². The van der Waals surface area contributed by atoms with Gasteiger partial charge < -0.3 is 4.74 Å². The maximum atomic E-state index is 12.7. The Morgan fingerprint density at radius 3 is 2.59 bits per heavy atom. The molecule has 1 fully saturated rings. The summed E-state index contributed by atoms with van der Waals surface area (Å²) in [6.07, 6.45) is 0.936. The summed E-state index contributed by atoms with van der Waals surface area (Å²) in [4.78, 5) is 26.2. The van der Waals surface area contributed by atoms with Crippen LogP contribution in [0.3, 0.4) is 0 Å². The predicted molar refractivity (Wildman–Crippen MR) is 88.8 cm³/mol. The van der Waals surface area contributed by atoms with Gasteiger partial charge >= 0.3 is 6.09 Å². The van der Waals surface area contributed by atoms with E-state index in [1.54, 1.807) is 0 Å². The van der Waals surface area contributed by atoms with Crippen LogP contribution in [-0.2, 0) is 9.53 Å². The van der Waals surface area contributed by atoms with Gasteiger partial charge in [0, 0.05) is 10.7 Å². The van der Waals surface area contributed by atoms with E-state index in [-0.39, 0.29) is 22.7 Å².